The van der Waals surface area contributed by atoms with Gasteiger partial charge in [0.25, 0.3) is 5.91 Å². The topological polar surface area (TPSA) is 86.7 Å². The van der Waals surface area contributed by atoms with Gasteiger partial charge in [-0.25, -0.2) is 15.0 Å². The number of carbonyl (C=O) groups is 1. The Morgan fingerprint density at radius 3 is 2.47 bits per heavy atom. The lowest BCUT2D eigenvalue weighted by molar-refractivity contribution is 0.0115. The fourth-order valence-electron chi connectivity index (χ4n) is 6.12. The first-order chi connectivity index (χ1) is 18.6. The van der Waals surface area contributed by atoms with Crippen LogP contribution in [0.3, 0.4) is 0 Å². The Morgan fingerprint density at radius 1 is 1.03 bits per heavy atom. The third kappa shape index (κ3) is 5.21. The number of rotatable bonds is 6. The summed E-state index contributed by atoms with van der Waals surface area (Å²) < 4.78 is 6.48. The number of piperidine rings is 1. The molecule has 0 unspecified atom stereocenters. The van der Waals surface area contributed by atoms with Gasteiger partial charge in [0.1, 0.15) is 5.82 Å². The predicted octanol–water partition coefficient (Wildman–Crippen LogP) is 4.49. The molecular formula is C28H37N7O2S. The van der Waals surface area contributed by atoms with Crippen molar-refractivity contribution in [1.82, 2.24) is 24.8 Å². The Balaban J connectivity index is 1.16. The largest absolute Gasteiger partial charge is 0.379 e. The minimum Gasteiger partial charge on any atom is -0.379 e. The SMILES string of the molecule is CN(C)C(=O)c1sc2cnc(Nc3ccc(N4CCC(N5CCOCC5)CC4)cn3)nc2c1C1CCCC1. The summed E-state index contributed by atoms with van der Waals surface area (Å²) in [5, 5.41) is 3.29. The molecule has 3 fully saturated rings. The van der Waals surface area contributed by atoms with Gasteiger partial charge in [-0.2, -0.15) is 0 Å². The van der Waals surface area contributed by atoms with Gasteiger partial charge < -0.3 is 19.9 Å². The summed E-state index contributed by atoms with van der Waals surface area (Å²) in [5.41, 5.74) is 3.17. The first-order valence-electron chi connectivity index (χ1n) is 13.9. The number of morpholine rings is 1. The molecule has 5 heterocycles. The van der Waals surface area contributed by atoms with Gasteiger partial charge in [-0.15, -0.1) is 11.3 Å². The average molecular weight is 536 g/mol. The van der Waals surface area contributed by atoms with Crippen molar-refractivity contribution in [2.24, 2.45) is 0 Å². The van der Waals surface area contributed by atoms with Crippen molar-refractivity contribution in [2.75, 3.05) is 63.7 Å². The molecule has 3 aromatic heterocycles. The van der Waals surface area contributed by atoms with E-state index in [2.05, 4.69) is 31.2 Å². The lowest BCUT2D eigenvalue weighted by atomic mass is 9.96. The van der Waals surface area contributed by atoms with E-state index in [1.807, 2.05) is 32.6 Å². The van der Waals surface area contributed by atoms with Crippen molar-refractivity contribution in [3.05, 3.63) is 35.0 Å². The second-order valence-corrected chi connectivity index (χ2v) is 11.9. The monoisotopic (exact) mass is 535 g/mol. The summed E-state index contributed by atoms with van der Waals surface area (Å²) in [5.74, 6) is 1.68. The highest BCUT2D eigenvalue weighted by Gasteiger charge is 2.29. The maximum absolute atomic E-state index is 13.0. The Morgan fingerprint density at radius 2 is 1.79 bits per heavy atom. The van der Waals surface area contributed by atoms with E-state index in [-0.39, 0.29) is 5.91 Å². The van der Waals surface area contributed by atoms with E-state index in [9.17, 15) is 4.79 Å². The molecule has 10 heteroatoms. The van der Waals surface area contributed by atoms with Gasteiger partial charge in [0.2, 0.25) is 5.95 Å². The number of thiophene rings is 1. The zero-order valence-corrected chi connectivity index (χ0v) is 23.2. The molecule has 0 bridgehead atoms. The van der Waals surface area contributed by atoms with Crippen LogP contribution in [0.1, 0.15) is 59.7 Å². The number of hydrogen-bond donors (Lipinski definition) is 1. The molecule has 2 saturated heterocycles. The molecule has 1 N–H and O–H groups in total. The molecule has 38 heavy (non-hydrogen) atoms. The third-order valence-corrected chi connectivity index (χ3v) is 9.33. The van der Waals surface area contributed by atoms with Crippen molar-refractivity contribution in [3.8, 4) is 0 Å². The van der Waals surface area contributed by atoms with E-state index in [0.717, 1.165) is 84.4 Å². The first kappa shape index (κ1) is 25.5. The van der Waals surface area contributed by atoms with E-state index >= 15 is 0 Å². The molecular weight excluding hydrogens is 498 g/mol. The molecule has 1 amide bonds. The standard InChI is InChI=1S/C28H37N7O2S/c1-33(2)27(36)26-24(19-5-3-4-6-19)25-22(38-26)18-30-28(32-25)31-23-8-7-21(17-29-23)34-11-9-20(10-12-34)35-13-15-37-16-14-35/h7-8,17-20H,3-6,9-16H2,1-2H3,(H,29,30,31,32). The highest BCUT2D eigenvalue weighted by Crippen LogP contribution is 2.43. The summed E-state index contributed by atoms with van der Waals surface area (Å²) in [7, 11) is 3.62. The number of aromatic nitrogens is 3. The summed E-state index contributed by atoms with van der Waals surface area (Å²) in [6.07, 6.45) is 10.8. The summed E-state index contributed by atoms with van der Waals surface area (Å²) >= 11 is 1.51. The molecule has 0 aromatic carbocycles. The zero-order chi connectivity index (χ0) is 26.1. The summed E-state index contributed by atoms with van der Waals surface area (Å²) in [6, 6.07) is 4.80. The van der Waals surface area contributed by atoms with Crippen molar-refractivity contribution in [3.63, 3.8) is 0 Å². The smallest absolute Gasteiger partial charge is 0.263 e. The Kier molecular flexibility index (Phi) is 7.45. The normalized spacial score (nSPS) is 19.8. The molecule has 1 aliphatic carbocycles. The summed E-state index contributed by atoms with van der Waals surface area (Å²) in [4.78, 5) is 34.6. The lowest BCUT2D eigenvalue weighted by Gasteiger charge is -2.40. The number of nitrogens with one attached hydrogen (secondary N) is 1. The Bertz CT molecular complexity index is 1260. The van der Waals surface area contributed by atoms with Crippen LogP contribution in [0.15, 0.2) is 24.5 Å². The molecule has 0 spiro atoms. The van der Waals surface area contributed by atoms with E-state index in [4.69, 9.17) is 9.72 Å². The first-order valence-corrected chi connectivity index (χ1v) is 14.7. The number of anilines is 3. The molecule has 9 nitrogen and oxygen atoms in total. The van der Waals surface area contributed by atoms with Crippen LogP contribution >= 0.6 is 11.3 Å². The maximum atomic E-state index is 13.0. The molecule has 1 saturated carbocycles. The highest BCUT2D eigenvalue weighted by molar-refractivity contribution is 7.21. The van der Waals surface area contributed by atoms with Gasteiger partial charge in [0, 0.05) is 51.9 Å². The molecule has 3 aliphatic rings. The average Bonchev–Trinajstić information content (AvgIpc) is 3.61. The number of amides is 1. The van der Waals surface area contributed by atoms with Gasteiger partial charge in [0.05, 0.1) is 46.4 Å². The highest BCUT2D eigenvalue weighted by atomic mass is 32.1. The number of ether oxygens (including phenoxy) is 1. The van der Waals surface area contributed by atoms with Crippen LogP contribution in [0.2, 0.25) is 0 Å². The lowest BCUT2D eigenvalue weighted by Crippen LogP contribution is -2.49. The molecule has 0 radical (unpaired) electrons. The van der Waals surface area contributed by atoms with Crippen LogP contribution in [-0.2, 0) is 4.74 Å². The van der Waals surface area contributed by atoms with Crippen LogP contribution in [0.25, 0.3) is 10.2 Å². The zero-order valence-electron chi connectivity index (χ0n) is 22.4. The van der Waals surface area contributed by atoms with Gasteiger partial charge in [0.15, 0.2) is 0 Å². The van der Waals surface area contributed by atoms with Gasteiger partial charge in [-0.1, -0.05) is 12.8 Å². The number of fused-ring (bicyclic) bond motifs is 1. The van der Waals surface area contributed by atoms with Crippen molar-refractivity contribution in [2.45, 2.75) is 50.5 Å². The Labute approximate surface area is 228 Å². The molecule has 202 valence electrons. The Hall–Kier alpha value is -2.82. The van der Waals surface area contributed by atoms with Gasteiger partial charge in [-0.05, 0) is 43.7 Å². The molecule has 2 aliphatic heterocycles. The van der Waals surface area contributed by atoms with Gasteiger partial charge >= 0.3 is 0 Å². The second kappa shape index (κ2) is 11.1. The third-order valence-electron chi connectivity index (χ3n) is 8.21. The van der Waals surface area contributed by atoms with E-state index in [1.54, 1.807) is 4.90 Å². The van der Waals surface area contributed by atoms with Crippen molar-refractivity contribution < 1.29 is 9.53 Å². The van der Waals surface area contributed by atoms with E-state index < -0.39 is 0 Å². The second-order valence-electron chi connectivity index (χ2n) is 10.8. The van der Waals surface area contributed by atoms with Crippen LogP contribution in [0.4, 0.5) is 17.5 Å². The number of hydrogen-bond acceptors (Lipinski definition) is 9. The maximum Gasteiger partial charge on any atom is 0.263 e. The predicted molar refractivity (Wildman–Crippen MR) is 152 cm³/mol. The minimum atomic E-state index is 0.0515. The fraction of sp³-hybridized carbons (Fsp3) is 0.571. The number of carbonyl (C=O) groups excluding carboxylic acids is 1. The van der Waals surface area contributed by atoms with E-state index in [0.29, 0.717) is 17.9 Å². The van der Waals surface area contributed by atoms with Crippen molar-refractivity contribution >= 4 is 44.9 Å². The fourth-order valence-corrected chi connectivity index (χ4v) is 7.34. The van der Waals surface area contributed by atoms with Crippen LogP contribution in [-0.4, -0.2) is 90.2 Å². The molecule has 0 atom stereocenters. The molecule has 3 aromatic rings. The summed E-state index contributed by atoms with van der Waals surface area (Å²) in [6.45, 7) is 5.93. The number of nitrogens with zero attached hydrogens (tertiary/aromatic N) is 6. The van der Waals surface area contributed by atoms with Gasteiger partial charge in [-0.3, -0.25) is 9.69 Å². The molecule has 6 rings (SSSR count). The minimum absolute atomic E-state index is 0.0515. The quantitative estimate of drug-likeness (QED) is 0.494. The number of pyridine rings is 1. The van der Waals surface area contributed by atoms with Crippen molar-refractivity contribution in [1.29, 1.82) is 0 Å². The van der Waals surface area contributed by atoms with Crippen LogP contribution < -0.4 is 10.2 Å². The van der Waals surface area contributed by atoms with Crippen LogP contribution in [0, 0.1) is 0 Å². The van der Waals surface area contributed by atoms with Crippen LogP contribution in [0.5, 0.6) is 0 Å². The van der Waals surface area contributed by atoms with E-state index in [1.165, 1.54) is 37.0 Å².